The molecular formula is C23H19FN2O5. The van der Waals surface area contributed by atoms with Crippen molar-refractivity contribution in [1.82, 2.24) is 10.9 Å². The van der Waals surface area contributed by atoms with Gasteiger partial charge in [0, 0.05) is 5.56 Å². The Morgan fingerprint density at radius 3 is 2.39 bits per heavy atom. The zero-order valence-electron chi connectivity index (χ0n) is 16.4. The number of hydrogen-bond donors (Lipinski definition) is 2. The summed E-state index contributed by atoms with van der Waals surface area (Å²) in [6.45, 7) is 1.02. The van der Waals surface area contributed by atoms with Crippen LogP contribution in [0.2, 0.25) is 0 Å². The summed E-state index contributed by atoms with van der Waals surface area (Å²) >= 11 is 0. The third-order valence-electron chi connectivity index (χ3n) is 4.53. The lowest BCUT2D eigenvalue weighted by Crippen LogP contribution is -2.41. The van der Waals surface area contributed by atoms with Gasteiger partial charge in [0.15, 0.2) is 11.5 Å². The van der Waals surface area contributed by atoms with Gasteiger partial charge in [-0.1, -0.05) is 24.3 Å². The number of fused-ring (bicyclic) bond motifs is 1. The maximum atomic E-state index is 13.0. The molecule has 0 saturated carbocycles. The minimum absolute atomic E-state index is 0.161. The Hall–Kier alpha value is -4.07. The number of carbonyl (C=O) groups excluding carboxylic acids is 2. The fraction of sp³-hybridized carbons (Fsp3) is 0.130. The van der Waals surface area contributed by atoms with Crippen molar-refractivity contribution < 1.29 is 28.2 Å². The van der Waals surface area contributed by atoms with Gasteiger partial charge in [0.05, 0.1) is 5.56 Å². The van der Waals surface area contributed by atoms with Crippen LogP contribution in [-0.4, -0.2) is 25.0 Å². The molecule has 158 valence electrons. The number of carbonyl (C=O) groups is 2. The number of nitrogens with one attached hydrogen (secondary N) is 2. The lowest BCUT2D eigenvalue weighted by Gasteiger charge is -2.18. The van der Waals surface area contributed by atoms with Gasteiger partial charge < -0.3 is 14.2 Å². The van der Waals surface area contributed by atoms with Gasteiger partial charge in [-0.3, -0.25) is 20.4 Å². The number of ether oxygens (including phenoxy) is 3. The average molecular weight is 422 g/mol. The van der Waals surface area contributed by atoms with E-state index in [0.717, 1.165) is 5.56 Å². The fourth-order valence-corrected chi connectivity index (χ4v) is 2.96. The Balaban J connectivity index is 1.38. The number of para-hydroxylation sites is 1. The van der Waals surface area contributed by atoms with Crippen LogP contribution in [-0.2, 0) is 6.61 Å². The first-order chi connectivity index (χ1) is 15.1. The van der Waals surface area contributed by atoms with Gasteiger partial charge in [-0.25, -0.2) is 4.39 Å². The van der Waals surface area contributed by atoms with Gasteiger partial charge in [-0.15, -0.1) is 0 Å². The van der Waals surface area contributed by atoms with E-state index < -0.39 is 11.8 Å². The van der Waals surface area contributed by atoms with Crippen LogP contribution in [0.4, 0.5) is 4.39 Å². The van der Waals surface area contributed by atoms with E-state index in [0.29, 0.717) is 36.0 Å². The monoisotopic (exact) mass is 422 g/mol. The molecule has 3 aromatic carbocycles. The van der Waals surface area contributed by atoms with Gasteiger partial charge in [0.2, 0.25) is 0 Å². The van der Waals surface area contributed by atoms with Gasteiger partial charge in [-0.2, -0.15) is 0 Å². The Morgan fingerprint density at radius 2 is 1.58 bits per heavy atom. The molecule has 4 rings (SSSR count). The fourth-order valence-electron chi connectivity index (χ4n) is 2.96. The molecule has 0 aliphatic carbocycles. The first kappa shape index (κ1) is 20.2. The van der Waals surface area contributed by atoms with E-state index in [1.807, 2.05) is 0 Å². The Kier molecular flexibility index (Phi) is 5.98. The van der Waals surface area contributed by atoms with Crippen molar-refractivity contribution in [2.24, 2.45) is 0 Å². The summed E-state index contributed by atoms with van der Waals surface area (Å²) in [5.74, 6) is -0.00495. The van der Waals surface area contributed by atoms with E-state index in [2.05, 4.69) is 10.9 Å². The molecule has 31 heavy (non-hydrogen) atoms. The summed E-state index contributed by atoms with van der Waals surface area (Å²) in [6, 6.07) is 17.3. The third kappa shape index (κ3) is 4.92. The molecule has 2 amide bonds. The molecule has 1 aliphatic rings. The van der Waals surface area contributed by atoms with E-state index in [1.54, 1.807) is 54.6 Å². The second kappa shape index (κ2) is 9.17. The quantitative estimate of drug-likeness (QED) is 0.617. The molecule has 1 heterocycles. The molecule has 0 atom stereocenters. The third-order valence-corrected chi connectivity index (χ3v) is 4.53. The minimum atomic E-state index is -0.541. The molecular weight excluding hydrogens is 403 g/mol. The molecule has 7 nitrogen and oxygen atoms in total. The lowest BCUT2D eigenvalue weighted by molar-refractivity contribution is 0.0843. The van der Waals surface area contributed by atoms with Crippen LogP contribution in [0.5, 0.6) is 17.2 Å². The largest absolute Gasteiger partial charge is 0.488 e. The summed E-state index contributed by atoms with van der Waals surface area (Å²) in [5, 5.41) is 0. The van der Waals surface area contributed by atoms with Crippen molar-refractivity contribution >= 4 is 11.8 Å². The van der Waals surface area contributed by atoms with Crippen molar-refractivity contribution in [1.29, 1.82) is 0 Å². The van der Waals surface area contributed by atoms with Crippen LogP contribution >= 0.6 is 0 Å². The zero-order chi connectivity index (χ0) is 21.6. The van der Waals surface area contributed by atoms with Crippen molar-refractivity contribution in [3.63, 3.8) is 0 Å². The summed E-state index contributed by atoms with van der Waals surface area (Å²) in [7, 11) is 0. The second-order valence-corrected chi connectivity index (χ2v) is 6.68. The van der Waals surface area contributed by atoms with E-state index in [9.17, 15) is 14.0 Å². The van der Waals surface area contributed by atoms with Crippen molar-refractivity contribution in [2.75, 3.05) is 13.2 Å². The van der Waals surface area contributed by atoms with Crippen LogP contribution in [0.3, 0.4) is 0 Å². The molecule has 0 unspecified atom stereocenters. The van der Waals surface area contributed by atoms with Crippen LogP contribution in [0.15, 0.2) is 66.7 Å². The van der Waals surface area contributed by atoms with Crippen molar-refractivity contribution in [2.45, 2.75) is 6.61 Å². The number of rotatable bonds is 5. The van der Waals surface area contributed by atoms with E-state index in [-0.39, 0.29) is 18.0 Å². The van der Waals surface area contributed by atoms with Crippen molar-refractivity contribution in [3.8, 4) is 17.2 Å². The van der Waals surface area contributed by atoms with E-state index in [1.165, 1.54) is 12.1 Å². The van der Waals surface area contributed by atoms with E-state index >= 15 is 0 Å². The standard InChI is InChI=1S/C23H19FN2O5/c24-17-8-5-15(6-9-17)14-31-19-4-2-1-3-18(19)23(28)26-25-22(27)16-7-10-20-21(13-16)30-12-11-29-20/h1-10,13H,11-12,14H2,(H,25,27)(H,26,28). The van der Waals surface area contributed by atoms with Gasteiger partial charge in [-0.05, 0) is 48.0 Å². The van der Waals surface area contributed by atoms with Crippen LogP contribution in [0.1, 0.15) is 26.3 Å². The van der Waals surface area contributed by atoms with Crippen molar-refractivity contribution in [3.05, 3.63) is 89.2 Å². The molecule has 0 bridgehead atoms. The summed E-state index contributed by atoms with van der Waals surface area (Å²) in [4.78, 5) is 25.0. The molecule has 0 fully saturated rings. The highest BCUT2D eigenvalue weighted by Crippen LogP contribution is 2.30. The first-order valence-electron chi connectivity index (χ1n) is 9.57. The summed E-state index contributed by atoms with van der Waals surface area (Å²) in [6.07, 6.45) is 0. The molecule has 2 N–H and O–H groups in total. The highest BCUT2D eigenvalue weighted by molar-refractivity contribution is 6.00. The predicted octanol–water partition coefficient (Wildman–Crippen LogP) is 3.25. The SMILES string of the molecule is O=C(NNC(=O)c1ccccc1OCc1ccc(F)cc1)c1ccc2c(c1)OCCO2. The maximum Gasteiger partial charge on any atom is 0.273 e. The number of halogens is 1. The first-order valence-corrected chi connectivity index (χ1v) is 9.57. The number of hydrogen-bond acceptors (Lipinski definition) is 5. The highest BCUT2D eigenvalue weighted by Gasteiger charge is 2.17. The molecule has 1 aliphatic heterocycles. The van der Waals surface area contributed by atoms with Gasteiger partial charge in [0.25, 0.3) is 11.8 Å². The second-order valence-electron chi connectivity index (χ2n) is 6.68. The number of amides is 2. The molecule has 8 heteroatoms. The predicted molar refractivity (Wildman–Crippen MR) is 110 cm³/mol. The van der Waals surface area contributed by atoms with E-state index in [4.69, 9.17) is 14.2 Å². The smallest absolute Gasteiger partial charge is 0.273 e. The highest BCUT2D eigenvalue weighted by atomic mass is 19.1. The molecule has 0 spiro atoms. The lowest BCUT2D eigenvalue weighted by atomic mass is 10.2. The number of hydrazine groups is 1. The van der Waals surface area contributed by atoms with Gasteiger partial charge >= 0.3 is 0 Å². The Bertz CT molecular complexity index is 1100. The van der Waals surface area contributed by atoms with Gasteiger partial charge in [0.1, 0.15) is 31.4 Å². The number of benzene rings is 3. The Labute approximate surface area is 177 Å². The Morgan fingerprint density at radius 1 is 0.871 bits per heavy atom. The van der Waals surface area contributed by atoms with Crippen LogP contribution in [0, 0.1) is 5.82 Å². The zero-order valence-corrected chi connectivity index (χ0v) is 16.4. The minimum Gasteiger partial charge on any atom is -0.488 e. The summed E-state index contributed by atoms with van der Waals surface area (Å²) < 4.78 is 29.6. The van der Waals surface area contributed by atoms with Crippen LogP contribution in [0.25, 0.3) is 0 Å². The van der Waals surface area contributed by atoms with Crippen LogP contribution < -0.4 is 25.1 Å². The normalized spacial score (nSPS) is 12.0. The average Bonchev–Trinajstić information content (AvgIpc) is 2.82. The maximum absolute atomic E-state index is 13.0. The molecule has 3 aromatic rings. The molecule has 0 aromatic heterocycles. The molecule has 0 saturated heterocycles. The summed E-state index contributed by atoms with van der Waals surface area (Å²) in [5.41, 5.74) is 6.07. The topological polar surface area (TPSA) is 85.9 Å². The molecule has 0 radical (unpaired) electrons.